The van der Waals surface area contributed by atoms with E-state index in [-0.39, 0.29) is 25.2 Å². The van der Waals surface area contributed by atoms with Gasteiger partial charge in [0, 0.05) is 5.69 Å². The number of ether oxygens (including phenoxy) is 1. The molecule has 0 saturated heterocycles. The van der Waals surface area contributed by atoms with Gasteiger partial charge in [0.05, 0.1) is 6.61 Å². The van der Waals surface area contributed by atoms with Crippen molar-refractivity contribution in [2.75, 3.05) is 11.9 Å². The molecule has 0 aliphatic heterocycles. The number of fused-ring (bicyclic) bond motifs is 3. The van der Waals surface area contributed by atoms with Crippen molar-refractivity contribution in [3.05, 3.63) is 89.5 Å². The summed E-state index contributed by atoms with van der Waals surface area (Å²) < 4.78 is 5.98. The third-order valence-corrected chi connectivity index (χ3v) is 4.58. The summed E-state index contributed by atoms with van der Waals surface area (Å²) >= 11 is 0. The number of aliphatic hydroxyl groups is 1. The minimum Gasteiger partial charge on any atom is -0.392 e. The minimum atomic E-state index is -0.232. The first-order chi connectivity index (χ1) is 12.8. The third-order valence-electron chi connectivity index (χ3n) is 4.58. The number of hydrogen-bond donors (Lipinski definition) is 2. The summed E-state index contributed by atoms with van der Waals surface area (Å²) in [6, 6.07) is 23.4. The van der Waals surface area contributed by atoms with E-state index >= 15 is 0 Å². The number of aliphatic hydroxyl groups excluding tert-OH is 1. The van der Waals surface area contributed by atoms with E-state index in [0.29, 0.717) is 5.69 Å². The third kappa shape index (κ3) is 3.12. The van der Waals surface area contributed by atoms with Gasteiger partial charge in [-0.25, -0.2) is 0 Å². The van der Waals surface area contributed by atoms with Crippen LogP contribution in [0, 0.1) is 0 Å². The highest BCUT2D eigenvalue weighted by Gasteiger charge is 2.29. The maximum atomic E-state index is 12.3. The van der Waals surface area contributed by atoms with E-state index in [9.17, 15) is 4.79 Å². The Balaban J connectivity index is 1.46. The Kier molecular flexibility index (Phi) is 4.52. The zero-order valence-corrected chi connectivity index (χ0v) is 14.2. The predicted molar refractivity (Wildman–Crippen MR) is 101 cm³/mol. The summed E-state index contributed by atoms with van der Waals surface area (Å²) in [6.45, 7) is -0.0487. The van der Waals surface area contributed by atoms with Gasteiger partial charge >= 0.3 is 0 Å². The number of rotatable bonds is 5. The Bertz CT molecular complexity index is 889. The minimum absolute atomic E-state index is 0.0160. The van der Waals surface area contributed by atoms with Gasteiger partial charge in [0.2, 0.25) is 5.91 Å². The molecule has 2 N–H and O–H groups in total. The molecule has 1 aliphatic carbocycles. The largest absolute Gasteiger partial charge is 0.392 e. The average Bonchev–Trinajstić information content (AvgIpc) is 3.01. The molecule has 0 heterocycles. The van der Waals surface area contributed by atoms with Crippen molar-refractivity contribution < 1.29 is 14.6 Å². The topological polar surface area (TPSA) is 58.6 Å². The number of carbonyl (C=O) groups excluding carboxylic acids is 1. The molecule has 4 nitrogen and oxygen atoms in total. The monoisotopic (exact) mass is 345 g/mol. The highest BCUT2D eigenvalue weighted by molar-refractivity contribution is 5.91. The lowest BCUT2D eigenvalue weighted by atomic mass is 10.1. The van der Waals surface area contributed by atoms with Gasteiger partial charge < -0.3 is 15.2 Å². The molecule has 1 amide bonds. The Morgan fingerprint density at radius 1 is 0.885 bits per heavy atom. The first-order valence-electron chi connectivity index (χ1n) is 8.56. The zero-order valence-electron chi connectivity index (χ0n) is 14.2. The summed E-state index contributed by atoms with van der Waals surface area (Å²) in [5.41, 5.74) is 5.99. The molecule has 3 aromatic carbocycles. The Morgan fingerprint density at radius 2 is 1.46 bits per heavy atom. The maximum absolute atomic E-state index is 12.3. The van der Waals surface area contributed by atoms with Gasteiger partial charge in [-0.05, 0) is 39.9 Å². The number of benzene rings is 3. The lowest BCUT2D eigenvalue weighted by Gasteiger charge is -2.15. The van der Waals surface area contributed by atoms with Crippen molar-refractivity contribution in [1.29, 1.82) is 0 Å². The van der Waals surface area contributed by atoms with E-state index in [4.69, 9.17) is 9.84 Å². The maximum Gasteiger partial charge on any atom is 0.250 e. The van der Waals surface area contributed by atoms with E-state index in [1.54, 1.807) is 24.3 Å². The molecule has 1 aliphatic rings. The zero-order chi connectivity index (χ0) is 17.9. The quantitative estimate of drug-likeness (QED) is 0.737. The van der Waals surface area contributed by atoms with Gasteiger partial charge in [-0.3, -0.25) is 4.79 Å². The summed E-state index contributed by atoms with van der Waals surface area (Å²) in [6.07, 6.45) is -0.232. The average molecular weight is 345 g/mol. The smallest absolute Gasteiger partial charge is 0.250 e. The summed E-state index contributed by atoms with van der Waals surface area (Å²) in [5, 5.41) is 11.9. The van der Waals surface area contributed by atoms with Gasteiger partial charge in [-0.15, -0.1) is 0 Å². The van der Waals surface area contributed by atoms with E-state index in [0.717, 1.165) is 27.8 Å². The Labute approximate surface area is 152 Å². The van der Waals surface area contributed by atoms with Crippen LogP contribution in [0.3, 0.4) is 0 Å². The molecule has 0 radical (unpaired) electrons. The van der Waals surface area contributed by atoms with Crippen LogP contribution in [0.15, 0.2) is 72.8 Å². The highest BCUT2D eigenvalue weighted by Crippen LogP contribution is 2.44. The second-order valence-electron chi connectivity index (χ2n) is 6.27. The fourth-order valence-electron chi connectivity index (χ4n) is 3.34. The molecule has 0 aromatic heterocycles. The molecule has 0 spiro atoms. The molecule has 26 heavy (non-hydrogen) atoms. The summed E-state index contributed by atoms with van der Waals surface area (Å²) in [7, 11) is 0. The van der Waals surface area contributed by atoms with Crippen LogP contribution >= 0.6 is 0 Å². The molecule has 0 unspecified atom stereocenters. The van der Waals surface area contributed by atoms with E-state index in [1.807, 2.05) is 36.4 Å². The second-order valence-corrected chi connectivity index (χ2v) is 6.27. The number of anilines is 1. The van der Waals surface area contributed by atoms with Gasteiger partial charge in [0.15, 0.2) is 0 Å². The first kappa shape index (κ1) is 16.5. The predicted octanol–water partition coefficient (Wildman–Crippen LogP) is 3.90. The Morgan fingerprint density at radius 3 is 2.04 bits per heavy atom. The number of amides is 1. The molecular weight excluding hydrogens is 326 g/mol. The van der Waals surface area contributed by atoms with Gasteiger partial charge in [0.1, 0.15) is 12.7 Å². The van der Waals surface area contributed by atoms with Crippen molar-refractivity contribution in [1.82, 2.24) is 0 Å². The molecule has 0 bridgehead atoms. The molecule has 4 rings (SSSR count). The lowest BCUT2D eigenvalue weighted by Crippen LogP contribution is -2.20. The highest BCUT2D eigenvalue weighted by atomic mass is 16.5. The lowest BCUT2D eigenvalue weighted by molar-refractivity contribution is -0.121. The van der Waals surface area contributed by atoms with Gasteiger partial charge in [0.25, 0.3) is 0 Å². The molecule has 130 valence electrons. The summed E-state index contributed by atoms with van der Waals surface area (Å²) in [4.78, 5) is 12.3. The van der Waals surface area contributed by atoms with E-state index in [1.165, 1.54) is 0 Å². The molecular formula is C22H19NO3. The van der Waals surface area contributed by atoms with Crippen LogP contribution in [0.5, 0.6) is 0 Å². The standard InChI is InChI=1S/C22H19NO3/c24-13-15-9-11-16(12-10-15)23-21(25)14-26-22-19-7-3-1-5-17(19)18-6-2-4-8-20(18)22/h1-12,22,24H,13-14H2,(H,23,25). The van der Waals surface area contributed by atoms with Crippen molar-refractivity contribution in [2.45, 2.75) is 12.7 Å². The van der Waals surface area contributed by atoms with E-state index < -0.39 is 0 Å². The first-order valence-corrected chi connectivity index (χ1v) is 8.56. The molecule has 0 saturated carbocycles. The second kappa shape index (κ2) is 7.12. The van der Waals surface area contributed by atoms with Crippen molar-refractivity contribution in [3.8, 4) is 11.1 Å². The van der Waals surface area contributed by atoms with Crippen LogP contribution in [-0.4, -0.2) is 17.6 Å². The molecule has 0 atom stereocenters. The van der Waals surface area contributed by atoms with Crippen LogP contribution in [0.25, 0.3) is 11.1 Å². The van der Waals surface area contributed by atoms with Gasteiger partial charge in [-0.2, -0.15) is 0 Å². The van der Waals surface area contributed by atoms with Crippen molar-refractivity contribution in [3.63, 3.8) is 0 Å². The Hall–Kier alpha value is -2.95. The number of hydrogen-bond acceptors (Lipinski definition) is 3. The SMILES string of the molecule is O=C(COC1c2ccccc2-c2ccccc21)Nc1ccc(CO)cc1. The van der Waals surface area contributed by atoms with Crippen LogP contribution < -0.4 is 5.32 Å². The fourth-order valence-corrected chi connectivity index (χ4v) is 3.34. The van der Waals surface area contributed by atoms with Crippen LogP contribution in [-0.2, 0) is 16.1 Å². The molecule has 0 fully saturated rings. The molecule has 3 aromatic rings. The van der Waals surface area contributed by atoms with Crippen molar-refractivity contribution in [2.24, 2.45) is 0 Å². The summed E-state index contributed by atoms with van der Waals surface area (Å²) in [5.74, 6) is -0.205. The van der Waals surface area contributed by atoms with Crippen LogP contribution in [0.4, 0.5) is 5.69 Å². The van der Waals surface area contributed by atoms with Crippen LogP contribution in [0.1, 0.15) is 22.8 Å². The fraction of sp³-hybridized carbons (Fsp3) is 0.136. The normalized spacial score (nSPS) is 12.5. The molecule has 4 heteroatoms. The van der Waals surface area contributed by atoms with Crippen LogP contribution in [0.2, 0.25) is 0 Å². The van der Waals surface area contributed by atoms with Crippen molar-refractivity contribution >= 4 is 11.6 Å². The number of nitrogens with one attached hydrogen (secondary N) is 1. The van der Waals surface area contributed by atoms with Gasteiger partial charge in [-0.1, -0.05) is 60.7 Å². The van der Waals surface area contributed by atoms with E-state index in [2.05, 4.69) is 17.4 Å². The number of carbonyl (C=O) groups is 1.